The molecule has 0 aliphatic carbocycles. The van der Waals surface area contributed by atoms with Gasteiger partial charge < -0.3 is 35.1 Å². The average molecular weight is 1010 g/mol. The molecular formula is C59H87N5O9. The van der Waals surface area contributed by atoms with Crippen molar-refractivity contribution in [1.29, 1.82) is 0 Å². The van der Waals surface area contributed by atoms with Crippen molar-refractivity contribution in [3.63, 3.8) is 0 Å². The minimum absolute atomic E-state index is 0.00906. The second-order valence-electron chi connectivity index (χ2n) is 20.5. The number of ether oxygens (including phenoxy) is 3. The Morgan fingerprint density at radius 2 is 1.22 bits per heavy atom. The summed E-state index contributed by atoms with van der Waals surface area (Å²) in [5, 5.41) is 11.5. The molecular weight excluding hydrogens is 923 g/mol. The summed E-state index contributed by atoms with van der Waals surface area (Å²) in [6.07, 6.45) is 16.5. The molecule has 1 aliphatic rings. The Bertz CT molecular complexity index is 2110. The molecule has 1 saturated heterocycles. The van der Waals surface area contributed by atoms with Crippen LogP contribution in [-0.4, -0.2) is 97.4 Å². The number of urea groups is 1. The lowest BCUT2D eigenvalue weighted by molar-refractivity contribution is -0.149. The first-order valence-corrected chi connectivity index (χ1v) is 27.3. The summed E-state index contributed by atoms with van der Waals surface area (Å²) in [5.74, 6) is -3.55. The highest BCUT2D eigenvalue weighted by atomic mass is 16.6. The lowest BCUT2D eigenvalue weighted by atomic mass is 9.76. The van der Waals surface area contributed by atoms with E-state index in [1.165, 1.54) is 62.7 Å². The van der Waals surface area contributed by atoms with E-state index in [0.29, 0.717) is 37.2 Å². The lowest BCUT2D eigenvalue weighted by Crippen LogP contribution is -2.69. The van der Waals surface area contributed by atoms with Crippen LogP contribution >= 0.6 is 0 Å². The number of nitrogens with zero attached hydrogens (tertiary/aromatic N) is 1. The molecule has 0 saturated carbocycles. The number of morpholine rings is 1. The Kier molecular flexibility index (Phi) is 27.1. The lowest BCUT2D eigenvalue weighted by Gasteiger charge is -2.41. The molecule has 6 amide bonds. The Hall–Kier alpha value is -5.76. The number of hydrogen-bond acceptors (Lipinski definition) is 9. The second-order valence-corrected chi connectivity index (χ2v) is 20.5. The van der Waals surface area contributed by atoms with Crippen molar-refractivity contribution >= 4 is 35.8 Å². The van der Waals surface area contributed by atoms with Gasteiger partial charge in [-0.05, 0) is 55.9 Å². The average Bonchev–Trinajstić information content (AvgIpc) is 3.37. The van der Waals surface area contributed by atoms with Crippen LogP contribution in [0.2, 0.25) is 0 Å². The highest BCUT2D eigenvalue weighted by Crippen LogP contribution is 2.32. The van der Waals surface area contributed by atoms with Crippen molar-refractivity contribution in [3.05, 3.63) is 96.1 Å². The number of benzene rings is 3. The first kappa shape index (κ1) is 59.8. The summed E-state index contributed by atoms with van der Waals surface area (Å²) < 4.78 is 17.2. The molecule has 4 N–H and O–H groups in total. The van der Waals surface area contributed by atoms with Crippen molar-refractivity contribution in [2.24, 2.45) is 5.92 Å². The fourth-order valence-electron chi connectivity index (χ4n) is 9.17. The van der Waals surface area contributed by atoms with Gasteiger partial charge in [0.1, 0.15) is 17.2 Å². The molecule has 3 atom stereocenters. The summed E-state index contributed by atoms with van der Waals surface area (Å²) >= 11 is 0. The van der Waals surface area contributed by atoms with Crippen LogP contribution in [0, 0.1) is 5.92 Å². The number of carbonyl (C=O) groups is 6. The number of unbranched alkanes of at least 4 members (excludes halogenated alkanes) is 14. The Labute approximate surface area is 436 Å². The van der Waals surface area contributed by atoms with Crippen molar-refractivity contribution in [2.45, 2.75) is 180 Å². The van der Waals surface area contributed by atoms with Gasteiger partial charge in [0, 0.05) is 51.2 Å². The Balaban J connectivity index is 1.73. The number of alkyl carbamates (subject to hydrolysis) is 1. The van der Waals surface area contributed by atoms with Crippen LogP contribution < -0.4 is 21.3 Å². The van der Waals surface area contributed by atoms with Crippen molar-refractivity contribution in [1.82, 2.24) is 26.2 Å². The number of amides is 6. The highest BCUT2D eigenvalue weighted by molar-refractivity contribution is 6.01. The predicted molar refractivity (Wildman–Crippen MR) is 288 cm³/mol. The van der Waals surface area contributed by atoms with Crippen LogP contribution in [0.3, 0.4) is 0 Å². The number of nitrogens with one attached hydrogen (secondary N) is 4. The maximum atomic E-state index is 15.9. The van der Waals surface area contributed by atoms with Gasteiger partial charge in [-0.15, -0.1) is 0 Å². The summed E-state index contributed by atoms with van der Waals surface area (Å²) in [4.78, 5) is 87.1. The predicted octanol–water partition coefficient (Wildman–Crippen LogP) is 10.8. The highest BCUT2D eigenvalue weighted by Gasteiger charge is 2.49. The van der Waals surface area contributed by atoms with E-state index in [9.17, 15) is 24.0 Å². The molecule has 3 unspecified atom stereocenters. The fourth-order valence-corrected chi connectivity index (χ4v) is 9.17. The molecule has 14 heteroatoms. The third-order valence-corrected chi connectivity index (χ3v) is 13.3. The molecule has 73 heavy (non-hydrogen) atoms. The van der Waals surface area contributed by atoms with E-state index in [-0.39, 0.29) is 51.9 Å². The molecule has 4 rings (SSSR count). The van der Waals surface area contributed by atoms with E-state index in [2.05, 4.69) is 28.2 Å². The maximum absolute atomic E-state index is 15.9. The third-order valence-electron chi connectivity index (χ3n) is 13.3. The molecule has 0 bridgehead atoms. The zero-order chi connectivity index (χ0) is 52.7. The van der Waals surface area contributed by atoms with Crippen molar-refractivity contribution in [2.75, 3.05) is 39.5 Å². The van der Waals surface area contributed by atoms with Gasteiger partial charge in [-0.25, -0.2) is 9.59 Å². The zero-order valence-electron chi connectivity index (χ0n) is 44.7. The second kappa shape index (κ2) is 33.1. The van der Waals surface area contributed by atoms with Gasteiger partial charge in [-0.2, -0.15) is 0 Å². The summed E-state index contributed by atoms with van der Waals surface area (Å²) in [5.41, 5.74) is 0.168. The van der Waals surface area contributed by atoms with Gasteiger partial charge >= 0.3 is 18.1 Å². The summed E-state index contributed by atoms with van der Waals surface area (Å²) in [7, 11) is 0. The first-order valence-electron chi connectivity index (χ1n) is 27.3. The van der Waals surface area contributed by atoms with Crippen LogP contribution in [-0.2, 0) is 46.2 Å². The van der Waals surface area contributed by atoms with Crippen LogP contribution in [0.5, 0.6) is 0 Å². The van der Waals surface area contributed by atoms with Gasteiger partial charge in [0.25, 0.3) is 5.91 Å². The van der Waals surface area contributed by atoms with Crippen LogP contribution in [0.4, 0.5) is 9.59 Å². The van der Waals surface area contributed by atoms with E-state index in [4.69, 9.17) is 14.2 Å². The van der Waals surface area contributed by atoms with E-state index < -0.39 is 58.9 Å². The summed E-state index contributed by atoms with van der Waals surface area (Å²) in [6, 6.07) is 24.4. The van der Waals surface area contributed by atoms with Crippen LogP contribution in [0.15, 0.2) is 84.9 Å². The molecule has 14 nitrogen and oxygen atoms in total. The van der Waals surface area contributed by atoms with E-state index in [0.717, 1.165) is 43.2 Å². The molecule has 1 aliphatic heterocycles. The Morgan fingerprint density at radius 1 is 0.671 bits per heavy atom. The summed E-state index contributed by atoms with van der Waals surface area (Å²) in [6.45, 7) is 10.0. The van der Waals surface area contributed by atoms with Gasteiger partial charge in [-0.1, -0.05) is 189 Å². The van der Waals surface area contributed by atoms with Crippen LogP contribution in [0.1, 0.15) is 161 Å². The Morgan fingerprint density at radius 3 is 1.84 bits per heavy atom. The molecule has 1 fully saturated rings. The van der Waals surface area contributed by atoms with E-state index in [1.54, 1.807) is 20.8 Å². The van der Waals surface area contributed by atoms with E-state index >= 15 is 4.79 Å². The molecule has 0 spiro atoms. The standard InChI is InChI=1S/C59H87N5O9/c1-6-8-10-11-12-13-14-15-16-17-18-19-27-37-53(66)72-45-49(44-60-57(70)73-58(3,4)5)59(63-52(65)36-22-9-7-2,43-48-34-28-29-35-50(48)47-32-25-21-26-33-47)55(68)61-51(42-46-30-23-20-24-31-46)54(67)62-56(69)64-38-40-71-41-39-64/h20-21,23-26,28-35,49,51H,6-19,22,27,36-45H2,1-5H3,(H,60,70)(H,61,68)(H,63,65)(H,62,67,69). The molecule has 3 aromatic rings. The monoisotopic (exact) mass is 1010 g/mol. The molecule has 0 radical (unpaired) electrons. The SMILES string of the molecule is CCCCCCCCCCCCCCCC(=O)OCC(CNC(=O)OC(C)(C)C)C(Cc1ccccc1-c1ccccc1)(NC(=O)CCCCC)C(=O)NC(Cc1ccccc1)C(=O)NC(=O)N1CCOCC1. The molecule has 0 aromatic heterocycles. The minimum atomic E-state index is -1.98. The minimum Gasteiger partial charge on any atom is -0.465 e. The van der Waals surface area contributed by atoms with Gasteiger partial charge in [0.2, 0.25) is 11.8 Å². The van der Waals surface area contributed by atoms with Gasteiger partial charge in [0.15, 0.2) is 0 Å². The molecule has 402 valence electrons. The fraction of sp³-hybridized carbons (Fsp3) is 0.593. The molecule has 3 aromatic carbocycles. The van der Waals surface area contributed by atoms with E-state index in [1.807, 2.05) is 91.9 Å². The third kappa shape index (κ3) is 22.5. The smallest absolute Gasteiger partial charge is 0.407 e. The maximum Gasteiger partial charge on any atom is 0.407 e. The number of imide groups is 1. The van der Waals surface area contributed by atoms with Gasteiger partial charge in [-0.3, -0.25) is 24.5 Å². The number of hydrogen-bond donors (Lipinski definition) is 4. The quantitative estimate of drug-likeness (QED) is 0.0349. The number of esters is 1. The van der Waals surface area contributed by atoms with Crippen molar-refractivity contribution < 1.29 is 43.0 Å². The molecule has 1 heterocycles. The topological polar surface area (TPSA) is 181 Å². The number of carbonyl (C=O) groups excluding carboxylic acids is 6. The van der Waals surface area contributed by atoms with Gasteiger partial charge in [0.05, 0.1) is 19.8 Å². The largest absolute Gasteiger partial charge is 0.465 e. The van der Waals surface area contributed by atoms with Crippen molar-refractivity contribution in [3.8, 4) is 11.1 Å². The number of rotatable bonds is 32. The normalized spacial score (nSPS) is 14.2. The first-order chi connectivity index (χ1) is 35.2. The van der Waals surface area contributed by atoms with Crippen LogP contribution in [0.25, 0.3) is 11.1 Å². The zero-order valence-corrected chi connectivity index (χ0v) is 44.7.